The number of fused-ring (bicyclic) bond motifs is 2. The molecule has 0 aliphatic carbocycles. The van der Waals surface area contributed by atoms with Crippen LogP contribution in [-0.4, -0.2) is 75.6 Å². The lowest BCUT2D eigenvalue weighted by molar-refractivity contribution is -0.135. The number of anilines is 1. The van der Waals surface area contributed by atoms with Crippen LogP contribution < -0.4 is 5.32 Å². The van der Waals surface area contributed by atoms with Gasteiger partial charge >= 0.3 is 0 Å². The van der Waals surface area contributed by atoms with Crippen LogP contribution in [0.25, 0.3) is 11.3 Å². The van der Waals surface area contributed by atoms with Crippen LogP contribution in [0.5, 0.6) is 0 Å². The molecular formula is C29H30ClN5O4. The molecule has 3 aliphatic rings. The van der Waals surface area contributed by atoms with Gasteiger partial charge in [0.1, 0.15) is 6.54 Å². The molecule has 10 heteroatoms. The lowest BCUT2D eigenvalue weighted by Gasteiger charge is -2.37. The van der Waals surface area contributed by atoms with Crippen LogP contribution >= 0.6 is 11.6 Å². The van der Waals surface area contributed by atoms with Crippen LogP contribution in [0.3, 0.4) is 0 Å². The lowest BCUT2D eigenvalue weighted by atomic mass is 9.93. The molecule has 1 saturated heterocycles. The highest BCUT2D eigenvalue weighted by molar-refractivity contribution is 6.33. The van der Waals surface area contributed by atoms with Crippen LogP contribution in [0, 0.1) is 0 Å². The third-order valence-electron chi connectivity index (χ3n) is 7.79. The molecule has 1 aromatic heterocycles. The highest BCUT2D eigenvalue weighted by Gasteiger charge is 2.34. The lowest BCUT2D eigenvalue weighted by Crippen LogP contribution is -2.46. The second-order valence-electron chi connectivity index (χ2n) is 10.2. The van der Waals surface area contributed by atoms with Crippen molar-refractivity contribution < 1.29 is 19.4 Å². The summed E-state index contributed by atoms with van der Waals surface area (Å²) in [6, 6.07) is 13.3. The first kappa shape index (κ1) is 25.7. The van der Waals surface area contributed by atoms with Gasteiger partial charge in [-0.15, -0.1) is 0 Å². The Morgan fingerprint density at radius 3 is 2.79 bits per heavy atom. The normalized spacial score (nSPS) is 19.1. The summed E-state index contributed by atoms with van der Waals surface area (Å²) in [6.45, 7) is 2.06. The molecule has 2 amide bonds. The fraction of sp³-hybridized carbons (Fsp3) is 0.379. The Hall–Kier alpha value is -3.53. The quantitative estimate of drug-likeness (QED) is 0.486. The van der Waals surface area contributed by atoms with Crippen LogP contribution in [0.15, 0.2) is 48.7 Å². The van der Waals surface area contributed by atoms with Crippen molar-refractivity contribution in [2.24, 2.45) is 0 Å². The van der Waals surface area contributed by atoms with E-state index >= 15 is 0 Å². The number of aromatic nitrogens is 2. The summed E-state index contributed by atoms with van der Waals surface area (Å²) in [5.74, 6) is 0.110. The van der Waals surface area contributed by atoms with Gasteiger partial charge in [0.2, 0.25) is 11.9 Å². The predicted octanol–water partition coefficient (Wildman–Crippen LogP) is 3.46. The largest absolute Gasteiger partial charge is 0.394 e. The van der Waals surface area contributed by atoms with E-state index in [4.69, 9.17) is 16.3 Å². The van der Waals surface area contributed by atoms with Gasteiger partial charge in [0.05, 0.1) is 29.6 Å². The van der Waals surface area contributed by atoms with E-state index in [9.17, 15) is 14.7 Å². The minimum atomic E-state index is -0.405. The van der Waals surface area contributed by atoms with E-state index in [0.717, 1.165) is 36.0 Å². The van der Waals surface area contributed by atoms with Gasteiger partial charge in [-0.3, -0.25) is 9.59 Å². The molecule has 1 unspecified atom stereocenters. The number of amides is 2. The zero-order chi connectivity index (χ0) is 26.9. The minimum absolute atomic E-state index is 0.0467. The van der Waals surface area contributed by atoms with Crippen molar-refractivity contribution in [1.82, 2.24) is 19.8 Å². The summed E-state index contributed by atoms with van der Waals surface area (Å²) in [7, 11) is 0. The number of rotatable bonds is 6. The van der Waals surface area contributed by atoms with Crippen molar-refractivity contribution in [2.75, 3.05) is 38.2 Å². The van der Waals surface area contributed by atoms with Crippen LogP contribution in [0.4, 0.5) is 5.95 Å². The van der Waals surface area contributed by atoms with E-state index in [-0.39, 0.29) is 31.0 Å². The van der Waals surface area contributed by atoms with Gasteiger partial charge in [-0.1, -0.05) is 48.0 Å². The van der Waals surface area contributed by atoms with Gasteiger partial charge in [0.25, 0.3) is 5.91 Å². The maximum atomic E-state index is 13.4. The first-order valence-electron chi connectivity index (χ1n) is 13.3. The summed E-state index contributed by atoms with van der Waals surface area (Å²) in [6.07, 6.45) is 4.05. The molecule has 3 aliphatic heterocycles. The number of carbonyl (C=O) groups excluding carboxylic acids is 2. The number of nitrogens with zero attached hydrogens (tertiary/aromatic N) is 4. The standard InChI is InChI=1S/C29H30ClN5O4/c30-24-14-31-29(32-21-8-11-39-12-9-21)33-27(24)19-5-6-20-15-34(28(38)23(20)13-19)16-26(37)35-10-7-18-3-1-2-4-22(18)25(35)17-36/h1-6,13-14,21,25,36H,7-12,15-17H2,(H,31,32,33). The molecule has 4 heterocycles. The van der Waals surface area contributed by atoms with Gasteiger partial charge in [0.15, 0.2) is 0 Å². The molecule has 1 fully saturated rings. The Morgan fingerprint density at radius 2 is 1.97 bits per heavy atom. The van der Waals surface area contributed by atoms with E-state index in [1.54, 1.807) is 22.1 Å². The van der Waals surface area contributed by atoms with Crippen LogP contribution in [0.1, 0.15) is 45.9 Å². The monoisotopic (exact) mass is 547 g/mol. The maximum absolute atomic E-state index is 13.4. The molecule has 6 rings (SSSR count). The van der Waals surface area contributed by atoms with Crippen molar-refractivity contribution in [2.45, 2.75) is 37.9 Å². The molecule has 0 bridgehead atoms. The summed E-state index contributed by atoms with van der Waals surface area (Å²) in [5, 5.41) is 13.8. The number of halogens is 1. The Bertz CT molecular complexity index is 1410. The zero-order valence-electron chi connectivity index (χ0n) is 21.5. The molecule has 0 spiro atoms. The molecule has 0 saturated carbocycles. The number of hydrogen-bond donors (Lipinski definition) is 2. The number of nitrogens with one attached hydrogen (secondary N) is 1. The van der Waals surface area contributed by atoms with E-state index in [1.807, 2.05) is 36.4 Å². The van der Waals surface area contributed by atoms with Gasteiger partial charge in [0, 0.05) is 43.5 Å². The highest BCUT2D eigenvalue weighted by atomic mass is 35.5. The third-order valence-corrected chi connectivity index (χ3v) is 8.07. The molecular weight excluding hydrogens is 518 g/mol. The minimum Gasteiger partial charge on any atom is -0.394 e. The van der Waals surface area contributed by atoms with Gasteiger partial charge in [-0.05, 0) is 42.0 Å². The molecule has 202 valence electrons. The summed E-state index contributed by atoms with van der Waals surface area (Å²) < 4.78 is 5.42. The predicted molar refractivity (Wildman–Crippen MR) is 146 cm³/mol. The van der Waals surface area contributed by atoms with E-state index in [2.05, 4.69) is 15.3 Å². The van der Waals surface area contributed by atoms with E-state index < -0.39 is 6.04 Å². The van der Waals surface area contributed by atoms with Crippen molar-refractivity contribution >= 4 is 29.4 Å². The SMILES string of the molecule is O=C1c2cc(-c3nc(NC4CCOCC4)ncc3Cl)ccc2CN1CC(=O)N1CCc2ccccc2C1CO. The Kier molecular flexibility index (Phi) is 7.20. The van der Waals surface area contributed by atoms with Crippen molar-refractivity contribution in [1.29, 1.82) is 0 Å². The van der Waals surface area contributed by atoms with E-state index in [1.165, 1.54) is 0 Å². The van der Waals surface area contributed by atoms with E-state index in [0.29, 0.717) is 54.1 Å². The number of ether oxygens (including phenoxy) is 1. The molecule has 0 radical (unpaired) electrons. The first-order valence-corrected chi connectivity index (χ1v) is 13.7. The Labute approximate surface area is 231 Å². The summed E-state index contributed by atoms with van der Waals surface area (Å²) in [4.78, 5) is 38.9. The maximum Gasteiger partial charge on any atom is 0.254 e. The topological polar surface area (TPSA) is 108 Å². The molecule has 1 atom stereocenters. The van der Waals surface area contributed by atoms with Crippen molar-refractivity contribution in [3.63, 3.8) is 0 Å². The highest BCUT2D eigenvalue weighted by Crippen LogP contribution is 2.33. The summed E-state index contributed by atoms with van der Waals surface area (Å²) >= 11 is 6.47. The Balaban J connectivity index is 1.18. The van der Waals surface area contributed by atoms with Crippen molar-refractivity contribution in [3.8, 4) is 11.3 Å². The Morgan fingerprint density at radius 1 is 1.15 bits per heavy atom. The number of benzene rings is 2. The van der Waals surface area contributed by atoms with Crippen LogP contribution in [0.2, 0.25) is 5.02 Å². The smallest absolute Gasteiger partial charge is 0.254 e. The average molecular weight is 548 g/mol. The zero-order valence-corrected chi connectivity index (χ0v) is 22.2. The molecule has 39 heavy (non-hydrogen) atoms. The molecule has 9 nitrogen and oxygen atoms in total. The van der Waals surface area contributed by atoms with Gasteiger partial charge in [-0.2, -0.15) is 0 Å². The second kappa shape index (κ2) is 10.9. The number of hydrogen-bond acceptors (Lipinski definition) is 7. The van der Waals surface area contributed by atoms with Gasteiger partial charge < -0.3 is 25.0 Å². The molecule has 2 N–H and O–H groups in total. The van der Waals surface area contributed by atoms with Crippen LogP contribution in [-0.2, 0) is 22.5 Å². The number of aliphatic hydroxyl groups excluding tert-OH is 1. The fourth-order valence-electron chi connectivity index (χ4n) is 5.70. The average Bonchev–Trinajstić information content (AvgIpc) is 3.27. The molecule has 3 aromatic rings. The first-order chi connectivity index (χ1) is 19.0. The second-order valence-corrected chi connectivity index (χ2v) is 10.6. The number of aliphatic hydroxyl groups is 1. The summed E-state index contributed by atoms with van der Waals surface area (Å²) in [5.41, 5.74) is 4.76. The van der Waals surface area contributed by atoms with Crippen molar-refractivity contribution in [3.05, 3.63) is 75.9 Å². The molecule has 2 aromatic carbocycles. The van der Waals surface area contributed by atoms with Gasteiger partial charge in [-0.25, -0.2) is 9.97 Å². The number of carbonyl (C=O) groups is 2. The fourth-order valence-corrected chi connectivity index (χ4v) is 5.90. The third kappa shape index (κ3) is 5.09.